The lowest BCUT2D eigenvalue weighted by Crippen LogP contribution is -2.45. The first-order valence-electron chi connectivity index (χ1n) is 6.38. The van der Waals surface area contributed by atoms with E-state index in [9.17, 15) is 14.7 Å². The van der Waals surface area contributed by atoms with Crippen LogP contribution < -0.4 is 5.32 Å². The van der Waals surface area contributed by atoms with Crippen molar-refractivity contribution in [1.29, 1.82) is 0 Å². The Bertz CT molecular complexity index is 551. The number of carboxylic acid groups (broad SMARTS) is 1. The predicted octanol–water partition coefficient (Wildman–Crippen LogP) is 3.94. The van der Waals surface area contributed by atoms with Crippen molar-refractivity contribution in [2.24, 2.45) is 5.92 Å². The molecule has 0 saturated carbocycles. The number of hydrogen-bond acceptors (Lipinski definition) is 3. The number of benzene rings is 1. The number of thioether (sulfide) groups is 1. The van der Waals surface area contributed by atoms with Gasteiger partial charge in [-0.25, -0.2) is 4.79 Å². The smallest absolute Gasteiger partial charge is 0.326 e. The van der Waals surface area contributed by atoms with E-state index in [0.717, 1.165) is 0 Å². The van der Waals surface area contributed by atoms with Crippen molar-refractivity contribution in [2.45, 2.75) is 31.2 Å². The Morgan fingerprint density at radius 2 is 1.95 bits per heavy atom. The molecule has 0 unspecified atom stereocenters. The molecule has 0 aromatic heterocycles. The molecule has 116 valence electrons. The number of rotatable bonds is 6. The quantitative estimate of drug-likeness (QED) is 0.763. The number of carbonyl (C=O) groups is 2. The van der Waals surface area contributed by atoms with Crippen LogP contribution in [0.1, 0.15) is 30.6 Å². The Hall–Kier alpha value is -0.910. The van der Waals surface area contributed by atoms with Crippen LogP contribution in [0.4, 0.5) is 0 Å². The van der Waals surface area contributed by atoms with Gasteiger partial charge in [0.2, 0.25) is 0 Å². The molecule has 21 heavy (non-hydrogen) atoms. The van der Waals surface area contributed by atoms with Gasteiger partial charge in [0.1, 0.15) is 6.04 Å². The van der Waals surface area contributed by atoms with E-state index >= 15 is 0 Å². The minimum Gasteiger partial charge on any atom is -0.480 e. The number of carboxylic acids is 1. The molecule has 1 amide bonds. The average Bonchev–Trinajstić information content (AvgIpc) is 2.43. The van der Waals surface area contributed by atoms with Crippen LogP contribution in [0.3, 0.4) is 0 Å². The highest BCUT2D eigenvalue weighted by Gasteiger charge is 2.26. The Balaban J connectivity index is 3.05. The molecule has 0 aliphatic rings. The van der Waals surface area contributed by atoms with Gasteiger partial charge in [-0.05, 0) is 24.3 Å². The molecule has 0 aliphatic heterocycles. The molecule has 2 atom stereocenters. The lowest BCUT2D eigenvalue weighted by atomic mass is 9.99. The van der Waals surface area contributed by atoms with Gasteiger partial charge in [0.05, 0.1) is 15.6 Å². The number of halogens is 2. The predicted molar refractivity (Wildman–Crippen MR) is 86.6 cm³/mol. The summed E-state index contributed by atoms with van der Waals surface area (Å²) in [7, 11) is 0. The summed E-state index contributed by atoms with van der Waals surface area (Å²) in [5.74, 6) is -1.76. The van der Waals surface area contributed by atoms with Crippen molar-refractivity contribution in [1.82, 2.24) is 5.32 Å². The molecular weight excluding hydrogens is 333 g/mol. The van der Waals surface area contributed by atoms with Crippen molar-refractivity contribution < 1.29 is 14.7 Å². The molecule has 0 spiro atoms. The van der Waals surface area contributed by atoms with E-state index in [-0.39, 0.29) is 16.5 Å². The highest BCUT2D eigenvalue weighted by Crippen LogP contribution is 2.31. The van der Waals surface area contributed by atoms with Gasteiger partial charge in [-0.2, -0.15) is 0 Å². The summed E-state index contributed by atoms with van der Waals surface area (Å²) < 4.78 is 0. The van der Waals surface area contributed by atoms with Crippen LogP contribution in [0.15, 0.2) is 17.0 Å². The van der Waals surface area contributed by atoms with Gasteiger partial charge in [-0.15, -0.1) is 11.8 Å². The third-order valence-electron chi connectivity index (χ3n) is 3.25. The fraction of sp³-hybridized carbons (Fsp3) is 0.429. The van der Waals surface area contributed by atoms with E-state index in [1.165, 1.54) is 17.8 Å². The number of hydrogen-bond donors (Lipinski definition) is 2. The Labute approximate surface area is 138 Å². The van der Waals surface area contributed by atoms with E-state index < -0.39 is 17.9 Å². The van der Waals surface area contributed by atoms with Crippen molar-refractivity contribution in [3.05, 3.63) is 27.7 Å². The molecular formula is C14H17Cl2NO3S. The topological polar surface area (TPSA) is 66.4 Å². The first kappa shape index (κ1) is 18.1. The van der Waals surface area contributed by atoms with Crippen LogP contribution in [0.2, 0.25) is 10.0 Å². The SMILES string of the molecule is CC[C@H](C)[C@H](NC(=O)c1cc(SC)c(Cl)cc1Cl)C(=O)O. The second kappa shape index (κ2) is 7.92. The lowest BCUT2D eigenvalue weighted by Gasteiger charge is -2.20. The zero-order valence-electron chi connectivity index (χ0n) is 11.9. The van der Waals surface area contributed by atoms with E-state index in [4.69, 9.17) is 23.2 Å². The maximum Gasteiger partial charge on any atom is 0.326 e. The second-order valence-electron chi connectivity index (χ2n) is 4.64. The molecule has 0 fully saturated rings. The molecule has 0 heterocycles. The summed E-state index contributed by atoms with van der Waals surface area (Å²) in [6, 6.07) is 2.11. The first-order valence-corrected chi connectivity index (χ1v) is 8.36. The molecule has 0 bridgehead atoms. The van der Waals surface area contributed by atoms with E-state index in [1.54, 1.807) is 13.0 Å². The Morgan fingerprint density at radius 3 is 2.43 bits per heavy atom. The summed E-state index contributed by atoms with van der Waals surface area (Å²) in [6.07, 6.45) is 2.47. The molecule has 4 nitrogen and oxygen atoms in total. The fourth-order valence-corrected chi connectivity index (χ4v) is 2.95. The highest BCUT2D eigenvalue weighted by atomic mass is 35.5. The minimum atomic E-state index is -1.06. The van der Waals surface area contributed by atoms with Gasteiger partial charge in [0.15, 0.2) is 0 Å². The van der Waals surface area contributed by atoms with Gasteiger partial charge < -0.3 is 10.4 Å². The Morgan fingerprint density at radius 1 is 1.33 bits per heavy atom. The first-order chi connectivity index (χ1) is 9.81. The number of aliphatic carboxylic acids is 1. The number of carbonyl (C=O) groups excluding carboxylic acids is 1. The average molecular weight is 350 g/mol. The van der Waals surface area contributed by atoms with Crippen molar-refractivity contribution in [3.63, 3.8) is 0 Å². The summed E-state index contributed by atoms with van der Waals surface area (Å²) in [6.45, 7) is 3.64. The highest BCUT2D eigenvalue weighted by molar-refractivity contribution is 7.98. The fourth-order valence-electron chi connectivity index (χ4n) is 1.76. The second-order valence-corrected chi connectivity index (χ2v) is 6.30. The summed E-state index contributed by atoms with van der Waals surface area (Å²) >= 11 is 13.4. The summed E-state index contributed by atoms with van der Waals surface area (Å²) in [4.78, 5) is 24.2. The van der Waals surface area contributed by atoms with Crippen LogP contribution in [0.5, 0.6) is 0 Å². The molecule has 1 aromatic carbocycles. The largest absolute Gasteiger partial charge is 0.480 e. The maximum absolute atomic E-state index is 12.3. The van der Waals surface area contributed by atoms with Crippen molar-refractivity contribution >= 4 is 46.8 Å². The molecule has 0 radical (unpaired) electrons. The van der Waals surface area contributed by atoms with Gasteiger partial charge in [0.25, 0.3) is 5.91 Å². The van der Waals surface area contributed by atoms with Gasteiger partial charge >= 0.3 is 5.97 Å². The number of amides is 1. The molecule has 1 aromatic rings. The summed E-state index contributed by atoms with van der Waals surface area (Å²) in [5.41, 5.74) is 0.222. The van der Waals surface area contributed by atoms with Crippen LogP contribution >= 0.6 is 35.0 Å². The van der Waals surface area contributed by atoms with E-state index in [0.29, 0.717) is 16.3 Å². The third-order valence-corrected chi connectivity index (χ3v) is 4.77. The minimum absolute atomic E-state index is 0.183. The van der Waals surface area contributed by atoms with Gasteiger partial charge in [-0.1, -0.05) is 43.5 Å². The van der Waals surface area contributed by atoms with Crippen molar-refractivity contribution in [3.8, 4) is 0 Å². The van der Waals surface area contributed by atoms with Crippen molar-refractivity contribution in [2.75, 3.05) is 6.26 Å². The van der Waals surface area contributed by atoms with E-state index in [1.807, 2.05) is 13.2 Å². The zero-order valence-corrected chi connectivity index (χ0v) is 14.3. The van der Waals surface area contributed by atoms with Crippen LogP contribution in [0.25, 0.3) is 0 Å². The zero-order chi connectivity index (χ0) is 16.2. The van der Waals surface area contributed by atoms with Gasteiger partial charge in [-0.3, -0.25) is 4.79 Å². The maximum atomic E-state index is 12.3. The standard InChI is InChI=1S/C14H17Cl2NO3S/c1-4-7(2)12(14(19)20)17-13(18)8-5-11(21-3)10(16)6-9(8)15/h5-7,12H,4H2,1-3H3,(H,17,18)(H,19,20)/t7-,12-/m0/s1. The number of nitrogens with one attached hydrogen (secondary N) is 1. The lowest BCUT2D eigenvalue weighted by molar-refractivity contribution is -0.140. The van der Waals surface area contributed by atoms with Crippen LogP contribution in [0, 0.1) is 5.92 Å². The molecule has 1 rings (SSSR count). The van der Waals surface area contributed by atoms with E-state index in [2.05, 4.69) is 5.32 Å². The molecule has 7 heteroatoms. The third kappa shape index (κ3) is 4.53. The summed E-state index contributed by atoms with van der Waals surface area (Å²) in [5, 5.41) is 12.4. The van der Waals surface area contributed by atoms with Gasteiger partial charge in [0, 0.05) is 4.90 Å². The normalized spacial score (nSPS) is 13.6. The Kier molecular flexibility index (Phi) is 6.84. The van der Waals surface area contributed by atoms with Crippen LogP contribution in [-0.2, 0) is 4.79 Å². The molecule has 2 N–H and O–H groups in total. The molecule has 0 saturated heterocycles. The monoisotopic (exact) mass is 349 g/mol. The van der Waals surface area contributed by atoms with Crippen LogP contribution in [-0.4, -0.2) is 29.3 Å². The molecule has 0 aliphatic carbocycles.